The molecule has 0 aromatic carbocycles. The summed E-state index contributed by atoms with van der Waals surface area (Å²) in [5, 5.41) is 4.44. The molecule has 0 N–H and O–H groups in total. The first kappa shape index (κ1) is 14.1. The van der Waals surface area contributed by atoms with Crippen molar-refractivity contribution in [3.8, 4) is 0 Å². The molecule has 0 atom stereocenters. The number of fused-ring (bicyclic) bond motifs is 1. The Balaban J connectivity index is 2.10. The second-order valence-electron chi connectivity index (χ2n) is 5.99. The lowest BCUT2D eigenvalue weighted by Gasteiger charge is -2.32. The minimum absolute atomic E-state index is 0.0228. The van der Waals surface area contributed by atoms with Gasteiger partial charge in [-0.25, -0.2) is 4.98 Å². The van der Waals surface area contributed by atoms with Crippen LogP contribution < -0.4 is 10.5 Å². The van der Waals surface area contributed by atoms with Crippen molar-refractivity contribution in [2.24, 2.45) is 0 Å². The van der Waals surface area contributed by atoms with Crippen LogP contribution in [-0.4, -0.2) is 57.3 Å². The van der Waals surface area contributed by atoms with Crippen LogP contribution in [0.4, 0.5) is 5.95 Å². The lowest BCUT2D eigenvalue weighted by atomic mass is 10.3. The second kappa shape index (κ2) is 5.14. The number of imidazole rings is 1. The van der Waals surface area contributed by atoms with Crippen molar-refractivity contribution in [1.29, 1.82) is 0 Å². The summed E-state index contributed by atoms with van der Waals surface area (Å²) in [6.07, 6.45) is 1.61. The molecule has 0 bridgehead atoms. The molecule has 7 heteroatoms. The van der Waals surface area contributed by atoms with Gasteiger partial charge in [-0.2, -0.15) is 9.61 Å². The van der Waals surface area contributed by atoms with Crippen LogP contribution in [0.15, 0.2) is 11.1 Å². The van der Waals surface area contributed by atoms with E-state index in [0.717, 1.165) is 37.8 Å². The summed E-state index contributed by atoms with van der Waals surface area (Å²) in [6.45, 7) is 9.64. The highest BCUT2D eigenvalue weighted by atomic mass is 16.1. The van der Waals surface area contributed by atoms with E-state index in [9.17, 15) is 4.79 Å². The van der Waals surface area contributed by atoms with E-state index < -0.39 is 0 Å². The van der Waals surface area contributed by atoms with E-state index in [0.29, 0.717) is 5.52 Å². The Morgan fingerprint density at radius 1 is 1.19 bits per heavy atom. The summed E-state index contributed by atoms with van der Waals surface area (Å²) in [7, 11) is 2.12. The molecule has 21 heavy (non-hydrogen) atoms. The zero-order valence-electron chi connectivity index (χ0n) is 13.1. The summed E-state index contributed by atoms with van der Waals surface area (Å²) in [4.78, 5) is 21.7. The lowest BCUT2D eigenvalue weighted by molar-refractivity contribution is 0.310. The number of anilines is 1. The highest BCUT2D eigenvalue weighted by molar-refractivity contribution is 5.56. The molecular weight excluding hydrogens is 268 g/mol. The Kier molecular flexibility index (Phi) is 3.44. The lowest BCUT2D eigenvalue weighted by Crippen LogP contribution is -2.45. The van der Waals surface area contributed by atoms with Gasteiger partial charge >= 0.3 is 0 Å². The Labute approximate surface area is 123 Å². The molecule has 1 fully saturated rings. The third-order valence-electron chi connectivity index (χ3n) is 4.08. The van der Waals surface area contributed by atoms with Gasteiger partial charge in [0.05, 0.1) is 5.69 Å². The average Bonchev–Trinajstić information content (AvgIpc) is 2.78. The number of nitrogens with zero attached hydrogens (tertiary/aromatic N) is 6. The van der Waals surface area contributed by atoms with Gasteiger partial charge in [0, 0.05) is 32.2 Å². The molecule has 1 aliphatic rings. The molecule has 114 valence electrons. The third kappa shape index (κ3) is 2.31. The van der Waals surface area contributed by atoms with Crippen LogP contribution in [0, 0.1) is 6.92 Å². The number of hydrogen-bond donors (Lipinski definition) is 0. The predicted octanol–water partition coefficient (Wildman–Crippen LogP) is 0.532. The molecule has 1 aliphatic heterocycles. The topological polar surface area (TPSA) is 58.7 Å². The zero-order chi connectivity index (χ0) is 15.1. The van der Waals surface area contributed by atoms with E-state index in [-0.39, 0.29) is 11.6 Å². The normalized spacial score (nSPS) is 17.1. The molecule has 3 rings (SSSR count). The van der Waals surface area contributed by atoms with E-state index in [1.165, 1.54) is 0 Å². The van der Waals surface area contributed by atoms with E-state index >= 15 is 0 Å². The zero-order valence-corrected chi connectivity index (χ0v) is 13.1. The molecular formula is C14H22N6O. The van der Waals surface area contributed by atoms with Gasteiger partial charge in [0.15, 0.2) is 5.52 Å². The number of aromatic nitrogens is 4. The molecule has 0 spiro atoms. The first-order valence-corrected chi connectivity index (χ1v) is 7.39. The molecule has 2 aromatic heterocycles. The summed E-state index contributed by atoms with van der Waals surface area (Å²) in [5.74, 6) is 0.781. The summed E-state index contributed by atoms with van der Waals surface area (Å²) >= 11 is 0. The monoisotopic (exact) mass is 290 g/mol. The van der Waals surface area contributed by atoms with Crippen LogP contribution >= 0.6 is 0 Å². The van der Waals surface area contributed by atoms with E-state index in [2.05, 4.69) is 26.9 Å². The van der Waals surface area contributed by atoms with Crippen molar-refractivity contribution in [2.75, 3.05) is 38.1 Å². The largest absolute Gasteiger partial charge is 0.338 e. The molecule has 3 heterocycles. The molecule has 0 aliphatic carbocycles. The van der Waals surface area contributed by atoms with Crippen LogP contribution in [0.2, 0.25) is 0 Å². The van der Waals surface area contributed by atoms with Crippen LogP contribution in [0.3, 0.4) is 0 Å². The van der Waals surface area contributed by atoms with Gasteiger partial charge in [0.2, 0.25) is 5.95 Å². The molecule has 0 amide bonds. The summed E-state index contributed by atoms with van der Waals surface area (Å²) in [6, 6.07) is 0.0939. The fraction of sp³-hybridized carbons (Fsp3) is 0.643. The Hall–Kier alpha value is -1.89. The quantitative estimate of drug-likeness (QED) is 0.807. The Morgan fingerprint density at radius 2 is 1.86 bits per heavy atom. The van der Waals surface area contributed by atoms with Crippen molar-refractivity contribution < 1.29 is 0 Å². The van der Waals surface area contributed by atoms with Gasteiger partial charge in [-0.1, -0.05) is 0 Å². The highest BCUT2D eigenvalue weighted by Crippen LogP contribution is 2.17. The highest BCUT2D eigenvalue weighted by Gasteiger charge is 2.22. The minimum atomic E-state index is -0.0228. The predicted molar refractivity (Wildman–Crippen MR) is 82.1 cm³/mol. The van der Waals surface area contributed by atoms with Gasteiger partial charge in [-0.05, 0) is 27.8 Å². The van der Waals surface area contributed by atoms with Crippen LogP contribution in [0.1, 0.15) is 25.6 Å². The van der Waals surface area contributed by atoms with Gasteiger partial charge in [0.25, 0.3) is 5.56 Å². The minimum Gasteiger partial charge on any atom is -0.338 e. The molecule has 2 aromatic rings. The maximum Gasteiger partial charge on any atom is 0.279 e. The fourth-order valence-corrected chi connectivity index (χ4v) is 2.72. The third-order valence-corrected chi connectivity index (χ3v) is 4.08. The van der Waals surface area contributed by atoms with Crippen molar-refractivity contribution in [3.05, 3.63) is 22.4 Å². The van der Waals surface area contributed by atoms with Crippen molar-refractivity contribution in [3.63, 3.8) is 0 Å². The van der Waals surface area contributed by atoms with Crippen LogP contribution in [0.5, 0.6) is 0 Å². The van der Waals surface area contributed by atoms with Crippen molar-refractivity contribution in [2.45, 2.75) is 26.8 Å². The molecule has 0 unspecified atom stereocenters. The molecule has 1 saturated heterocycles. The maximum absolute atomic E-state index is 12.6. The number of rotatable bonds is 2. The van der Waals surface area contributed by atoms with Gasteiger partial charge in [-0.3, -0.25) is 9.36 Å². The van der Waals surface area contributed by atoms with E-state index in [1.54, 1.807) is 15.4 Å². The Bertz CT molecular complexity index is 708. The number of likely N-dealkylation sites (N-methyl/N-ethyl adjacent to an activating group) is 1. The Morgan fingerprint density at radius 3 is 2.48 bits per heavy atom. The smallest absolute Gasteiger partial charge is 0.279 e. The standard InChI is InChI=1S/C14H22N6O/c1-10(2)19-9-15-20-12(13(19)21)11(3)16-14(20)18-7-5-17(4)6-8-18/h9-10H,5-8H2,1-4H3. The van der Waals surface area contributed by atoms with Gasteiger partial charge in [0.1, 0.15) is 6.33 Å². The maximum atomic E-state index is 12.6. The summed E-state index contributed by atoms with van der Waals surface area (Å²) < 4.78 is 3.35. The number of hydrogen-bond acceptors (Lipinski definition) is 5. The van der Waals surface area contributed by atoms with Gasteiger partial charge in [-0.15, -0.1) is 0 Å². The van der Waals surface area contributed by atoms with Crippen LogP contribution in [-0.2, 0) is 0 Å². The number of aryl methyl sites for hydroxylation is 1. The SMILES string of the molecule is Cc1nc(N2CCN(C)CC2)n2ncn(C(C)C)c(=O)c12. The van der Waals surface area contributed by atoms with Crippen molar-refractivity contribution >= 4 is 11.5 Å². The first-order chi connectivity index (χ1) is 9.99. The second-order valence-corrected chi connectivity index (χ2v) is 5.99. The summed E-state index contributed by atoms with van der Waals surface area (Å²) in [5.41, 5.74) is 1.31. The molecule has 0 radical (unpaired) electrons. The van der Waals surface area contributed by atoms with E-state index in [4.69, 9.17) is 0 Å². The fourth-order valence-electron chi connectivity index (χ4n) is 2.72. The van der Waals surface area contributed by atoms with E-state index in [1.807, 2.05) is 20.8 Å². The first-order valence-electron chi connectivity index (χ1n) is 7.39. The van der Waals surface area contributed by atoms with Crippen LogP contribution in [0.25, 0.3) is 5.52 Å². The number of piperazine rings is 1. The molecule has 0 saturated carbocycles. The van der Waals surface area contributed by atoms with Crippen molar-refractivity contribution in [1.82, 2.24) is 24.1 Å². The average molecular weight is 290 g/mol. The van der Waals surface area contributed by atoms with Gasteiger partial charge < -0.3 is 9.80 Å². The molecule has 7 nitrogen and oxygen atoms in total.